The summed E-state index contributed by atoms with van der Waals surface area (Å²) >= 11 is 0. The third-order valence-electron chi connectivity index (χ3n) is 3.74. The van der Waals surface area contributed by atoms with Crippen LogP contribution in [-0.4, -0.2) is 16.5 Å². The minimum absolute atomic E-state index is 0.0790. The van der Waals surface area contributed by atoms with Gasteiger partial charge in [-0.2, -0.15) is 0 Å². The average Bonchev–Trinajstić information content (AvgIpc) is 3.28. The van der Waals surface area contributed by atoms with Crippen LogP contribution in [0.5, 0.6) is 0 Å². The Kier molecular flexibility index (Phi) is 3.68. The number of benzene rings is 1. The number of hydrogen-bond acceptors (Lipinski definition) is 2. The Bertz CT molecular complexity index is 810. The molecule has 0 saturated heterocycles. The fraction of sp³-hybridized carbons (Fsp3) is 0.375. The lowest BCUT2D eigenvalue weighted by Crippen LogP contribution is -2.33. The number of carbonyl (C=O) groups excluding carboxylic acids is 1. The van der Waals surface area contributed by atoms with Crippen molar-refractivity contribution in [3.63, 3.8) is 0 Å². The van der Waals surface area contributed by atoms with Crippen LogP contribution in [0.2, 0.25) is 0 Å². The molecule has 4 nitrogen and oxygen atoms in total. The standard InChI is InChI=1S/C16H16F2N2O2/c1-2-5-20-14(15(21)19-10-3-4-10)7-9-6-12(17)13(18)8-11(9)16(20)22/h6-8,10H,2-5H2,1H3,(H,19,21). The maximum absolute atomic E-state index is 13.4. The molecule has 2 aromatic rings. The summed E-state index contributed by atoms with van der Waals surface area (Å²) in [5, 5.41) is 3.13. The van der Waals surface area contributed by atoms with Crippen molar-refractivity contribution >= 4 is 16.7 Å². The molecular formula is C16H16F2N2O2. The number of nitrogens with one attached hydrogen (secondary N) is 1. The number of rotatable bonds is 4. The van der Waals surface area contributed by atoms with E-state index in [1.807, 2.05) is 6.92 Å². The highest BCUT2D eigenvalue weighted by Crippen LogP contribution is 2.21. The van der Waals surface area contributed by atoms with Crippen molar-refractivity contribution < 1.29 is 13.6 Å². The summed E-state index contributed by atoms with van der Waals surface area (Å²) in [6, 6.07) is 3.45. The van der Waals surface area contributed by atoms with E-state index in [-0.39, 0.29) is 28.4 Å². The molecule has 0 atom stereocenters. The molecule has 1 heterocycles. The predicted molar refractivity (Wildman–Crippen MR) is 78.9 cm³/mol. The molecule has 0 radical (unpaired) electrons. The lowest BCUT2D eigenvalue weighted by molar-refractivity contribution is 0.0940. The van der Waals surface area contributed by atoms with Crippen molar-refractivity contribution in [2.45, 2.75) is 38.8 Å². The number of amides is 1. The van der Waals surface area contributed by atoms with Crippen LogP contribution in [-0.2, 0) is 6.54 Å². The Morgan fingerprint density at radius 1 is 1.27 bits per heavy atom. The highest BCUT2D eigenvalue weighted by Gasteiger charge is 2.25. The third-order valence-corrected chi connectivity index (χ3v) is 3.74. The summed E-state index contributed by atoms with van der Waals surface area (Å²) in [6.07, 6.45) is 2.51. The van der Waals surface area contributed by atoms with Crippen LogP contribution >= 0.6 is 0 Å². The highest BCUT2D eigenvalue weighted by molar-refractivity contribution is 5.97. The molecular weight excluding hydrogens is 290 g/mol. The van der Waals surface area contributed by atoms with Crippen LogP contribution in [0.3, 0.4) is 0 Å². The summed E-state index contributed by atoms with van der Waals surface area (Å²) in [4.78, 5) is 24.8. The van der Waals surface area contributed by atoms with Crippen LogP contribution in [0.15, 0.2) is 23.0 Å². The average molecular weight is 306 g/mol. The van der Waals surface area contributed by atoms with Crippen molar-refractivity contribution in [2.24, 2.45) is 0 Å². The van der Waals surface area contributed by atoms with Gasteiger partial charge in [-0.1, -0.05) is 6.92 Å². The van der Waals surface area contributed by atoms with E-state index in [2.05, 4.69) is 5.32 Å². The van der Waals surface area contributed by atoms with E-state index in [9.17, 15) is 18.4 Å². The van der Waals surface area contributed by atoms with E-state index in [0.717, 1.165) is 25.0 Å². The van der Waals surface area contributed by atoms with Crippen molar-refractivity contribution in [1.29, 1.82) is 0 Å². The van der Waals surface area contributed by atoms with Crippen LogP contribution < -0.4 is 10.9 Å². The summed E-state index contributed by atoms with van der Waals surface area (Å²) < 4.78 is 28.1. The predicted octanol–water partition coefficient (Wildman–Crippen LogP) is 2.58. The molecule has 1 aromatic carbocycles. The summed E-state index contributed by atoms with van der Waals surface area (Å²) in [5.74, 6) is -2.45. The molecule has 1 fully saturated rings. The summed E-state index contributed by atoms with van der Waals surface area (Å²) in [6.45, 7) is 2.23. The molecule has 0 bridgehead atoms. The Balaban J connectivity index is 2.20. The van der Waals surface area contributed by atoms with Gasteiger partial charge in [0.1, 0.15) is 5.69 Å². The molecule has 116 valence electrons. The Morgan fingerprint density at radius 3 is 2.59 bits per heavy atom. The van der Waals surface area contributed by atoms with Crippen molar-refractivity contribution in [3.8, 4) is 0 Å². The minimum Gasteiger partial charge on any atom is -0.348 e. The lowest BCUT2D eigenvalue weighted by atomic mass is 10.1. The van der Waals surface area contributed by atoms with Crippen LogP contribution in [0.4, 0.5) is 8.78 Å². The quantitative estimate of drug-likeness (QED) is 0.944. The molecule has 1 aliphatic carbocycles. The first kappa shape index (κ1) is 14.7. The minimum atomic E-state index is -1.07. The Labute approximate surface area is 125 Å². The number of pyridine rings is 1. The van der Waals surface area contributed by atoms with Crippen molar-refractivity contribution in [1.82, 2.24) is 9.88 Å². The fourth-order valence-corrected chi connectivity index (χ4v) is 2.47. The zero-order chi connectivity index (χ0) is 15.9. The first-order chi connectivity index (χ1) is 10.5. The molecule has 0 aliphatic heterocycles. The van der Waals surface area contributed by atoms with Gasteiger partial charge in [0.05, 0.1) is 5.39 Å². The van der Waals surface area contributed by atoms with Gasteiger partial charge < -0.3 is 9.88 Å². The second-order valence-electron chi connectivity index (χ2n) is 5.59. The molecule has 6 heteroatoms. The number of nitrogens with zero attached hydrogens (tertiary/aromatic N) is 1. The second-order valence-corrected chi connectivity index (χ2v) is 5.59. The molecule has 1 aliphatic rings. The van der Waals surface area contributed by atoms with E-state index >= 15 is 0 Å². The molecule has 1 amide bonds. The van der Waals surface area contributed by atoms with Gasteiger partial charge in [0.15, 0.2) is 11.6 Å². The van der Waals surface area contributed by atoms with Crippen LogP contribution in [0.25, 0.3) is 10.8 Å². The molecule has 1 aromatic heterocycles. The van der Waals surface area contributed by atoms with E-state index in [0.29, 0.717) is 13.0 Å². The molecule has 22 heavy (non-hydrogen) atoms. The monoisotopic (exact) mass is 306 g/mol. The molecule has 1 saturated carbocycles. The first-order valence-corrected chi connectivity index (χ1v) is 7.34. The van der Waals surface area contributed by atoms with Gasteiger partial charge in [0.2, 0.25) is 0 Å². The first-order valence-electron chi connectivity index (χ1n) is 7.34. The molecule has 0 spiro atoms. The van der Waals surface area contributed by atoms with E-state index in [4.69, 9.17) is 0 Å². The SMILES string of the molecule is CCCn1c(C(=O)NC2CC2)cc2cc(F)c(F)cc2c1=O. The van der Waals surface area contributed by atoms with E-state index in [1.165, 1.54) is 10.6 Å². The van der Waals surface area contributed by atoms with Crippen LogP contribution in [0, 0.1) is 11.6 Å². The van der Waals surface area contributed by atoms with Crippen LogP contribution in [0.1, 0.15) is 36.7 Å². The largest absolute Gasteiger partial charge is 0.348 e. The fourth-order valence-electron chi connectivity index (χ4n) is 2.47. The van der Waals surface area contributed by atoms with Gasteiger partial charge in [-0.15, -0.1) is 0 Å². The Morgan fingerprint density at radius 2 is 1.95 bits per heavy atom. The van der Waals surface area contributed by atoms with Gasteiger partial charge in [0, 0.05) is 12.6 Å². The van der Waals surface area contributed by atoms with Gasteiger partial charge >= 0.3 is 0 Å². The van der Waals surface area contributed by atoms with E-state index in [1.54, 1.807) is 0 Å². The molecule has 3 rings (SSSR count). The van der Waals surface area contributed by atoms with Gasteiger partial charge in [-0.3, -0.25) is 9.59 Å². The smallest absolute Gasteiger partial charge is 0.268 e. The number of halogens is 2. The highest BCUT2D eigenvalue weighted by atomic mass is 19.2. The van der Waals surface area contributed by atoms with Crippen molar-refractivity contribution in [3.05, 3.63) is 45.9 Å². The number of aromatic nitrogens is 1. The molecule has 0 unspecified atom stereocenters. The Hall–Kier alpha value is -2.24. The van der Waals surface area contributed by atoms with Gasteiger partial charge in [-0.05, 0) is 42.8 Å². The van der Waals surface area contributed by atoms with Gasteiger partial charge in [-0.25, -0.2) is 8.78 Å². The zero-order valence-corrected chi connectivity index (χ0v) is 12.2. The van der Waals surface area contributed by atoms with Crippen molar-refractivity contribution in [2.75, 3.05) is 0 Å². The third kappa shape index (κ3) is 2.61. The summed E-state index contributed by atoms with van der Waals surface area (Å²) in [7, 11) is 0. The topological polar surface area (TPSA) is 51.1 Å². The summed E-state index contributed by atoms with van der Waals surface area (Å²) in [5.41, 5.74) is -0.281. The second kappa shape index (κ2) is 5.51. The molecule has 1 N–H and O–H groups in total. The maximum atomic E-state index is 13.4. The normalized spacial score (nSPS) is 14.3. The number of fused-ring (bicyclic) bond motifs is 1. The zero-order valence-electron chi connectivity index (χ0n) is 12.2. The lowest BCUT2D eigenvalue weighted by Gasteiger charge is -2.14. The number of carbonyl (C=O) groups is 1. The maximum Gasteiger partial charge on any atom is 0.268 e. The van der Waals surface area contributed by atoms with E-state index < -0.39 is 17.2 Å². The van der Waals surface area contributed by atoms with Gasteiger partial charge in [0.25, 0.3) is 11.5 Å². The number of hydrogen-bond donors (Lipinski definition) is 1.